The number of carbonyl (C=O) groups is 2. The first-order valence-corrected chi connectivity index (χ1v) is 5.88. The lowest BCUT2D eigenvalue weighted by Gasteiger charge is -2.14. The van der Waals surface area contributed by atoms with Crippen LogP contribution in [-0.4, -0.2) is 43.3 Å². The largest absolute Gasteiger partial charge is 0.492 e. The predicted molar refractivity (Wildman–Crippen MR) is 66.1 cm³/mol. The van der Waals surface area contributed by atoms with Crippen LogP contribution in [0, 0.1) is 0 Å². The van der Waals surface area contributed by atoms with Crippen molar-refractivity contribution in [2.75, 3.05) is 20.3 Å². The number of ether oxygens (including phenoxy) is 2. The SMILES string of the molecule is COC(CNC(=O)C1COc2ccccc21)C(=O)O. The lowest BCUT2D eigenvalue weighted by Crippen LogP contribution is -2.40. The monoisotopic (exact) mass is 265 g/mol. The molecule has 0 saturated heterocycles. The highest BCUT2D eigenvalue weighted by atomic mass is 16.5. The van der Waals surface area contributed by atoms with Gasteiger partial charge in [0.05, 0.1) is 6.54 Å². The van der Waals surface area contributed by atoms with Crippen molar-refractivity contribution in [1.29, 1.82) is 0 Å². The Balaban J connectivity index is 1.97. The maximum Gasteiger partial charge on any atom is 0.334 e. The van der Waals surface area contributed by atoms with Crippen LogP contribution < -0.4 is 10.1 Å². The van der Waals surface area contributed by atoms with Gasteiger partial charge in [0, 0.05) is 12.7 Å². The number of hydrogen-bond donors (Lipinski definition) is 2. The molecule has 2 rings (SSSR count). The minimum Gasteiger partial charge on any atom is -0.492 e. The van der Waals surface area contributed by atoms with E-state index in [1.165, 1.54) is 7.11 Å². The topological polar surface area (TPSA) is 84.9 Å². The molecule has 6 heteroatoms. The van der Waals surface area contributed by atoms with E-state index in [9.17, 15) is 9.59 Å². The fraction of sp³-hybridized carbons (Fsp3) is 0.385. The van der Waals surface area contributed by atoms with Gasteiger partial charge in [-0.15, -0.1) is 0 Å². The molecular formula is C13H15NO5. The Morgan fingerprint density at radius 3 is 2.95 bits per heavy atom. The first-order chi connectivity index (χ1) is 9.13. The molecule has 19 heavy (non-hydrogen) atoms. The predicted octanol–water partition coefficient (Wildman–Crippen LogP) is 0.378. The van der Waals surface area contributed by atoms with Gasteiger partial charge < -0.3 is 19.9 Å². The molecule has 1 heterocycles. The first-order valence-electron chi connectivity index (χ1n) is 5.88. The number of para-hydroxylation sites is 1. The van der Waals surface area contributed by atoms with Gasteiger partial charge in [0.15, 0.2) is 6.10 Å². The smallest absolute Gasteiger partial charge is 0.334 e. The molecule has 0 aliphatic carbocycles. The van der Waals surface area contributed by atoms with Crippen molar-refractivity contribution < 1.29 is 24.2 Å². The van der Waals surface area contributed by atoms with Crippen molar-refractivity contribution in [2.45, 2.75) is 12.0 Å². The van der Waals surface area contributed by atoms with E-state index >= 15 is 0 Å². The molecule has 1 aromatic carbocycles. The number of carboxylic acids is 1. The Bertz CT molecular complexity index is 488. The van der Waals surface area contributed by atoms with E-state index in [1.54, 1.807) is 6.07 Å². The summed E-state index contributed by atoms with van der Waals surface area (Å²) in [6.45, 7) is 0.208. The van der Waals surface area contributed by atoms with Crippen molar-refractivity contribution >= 4 is 11.9 Å². The number of benzene rings is 1. The number of rotatable bonds is 5. The molecule has 0 spiro atoms. The summed E-state index contributed by atoms with van der Waals surface area (Å²) in [5.74, 6) is -1.06. The second kappa shape index (κ2) is 5.71. The molecule has 2 N–H and O–H groups in total. The summed E-state index contributed by atoms with van der Waals surface area (Å²) in [7, 11) is 1.29. The van der Waals surface area contributed by atoms with E-state index in [4.69, 9.17) is 14.6 Å². The minimum absolute atomic E-state index is 0.0661. The van der Waals surface area contributed by atoms with Crippen LogP contribution in [0.15, 0.2) is 24.3 Å². The van der Waals surface area contributed by atoms with Gasteiger partial charge in [-0.2, -0.15) is 0 Å². The number of carbonyl (C=O) groups excluding carboxylic acids is 1. The molecule has 0 aromatic heterocycles. The first kappa shape index (κ1) is 13.4. The quantitative estimate of drug-likeness (QED) is 0.804. The van der Waals surface area contributed by atoms with Crippen LogP contribution in [0.1, 0.15) is 11.5 Å². The molecule has 1 aliphatic heterocycles. The average Bonchev–Trinajstić information content (AvgIpc) is 2.82. The van der Waals surface area contributed by atoms with Crippen LogP contribution in [0.4, 0.5) is 0 Å². The fourth-order valence-corrected chi connectivity index (χ4v) is 1.97. The van der Waals surface area contributed by atoms with Crippen molar-refractivity contribution in [3.63, 3.8) is 0 Å². The number of methoxy groups -OCH3 is 1. The second-order valence-electron chi connectivity index (χ2n) is 4.21. The van der Waals surface area contributed by atoms with Gasteiger partial charge in [-0.05, 0) is 6.07 Å². The molecule has 1 aromatic rings. The summed E-state index contributed by atoms with van der Waals surface area (Å²) in [6.07, 6.45) is -1.04. The zero-order valence-electron chi connectivity index (χ0n) is 10.5. The minimum atomic E-state index is -1.11. The lowest BCUT2D eigenvalue weighted by atomic mass is 10.0. The molecular weight excluding hydrogens is 250 g/mol. The van der Waals surface area contributed by atoms with Crippen molar-refractivity contribution in [2.24, 2.45) is 0 Å². The van der Waals surface area contributed by atoms with E-state index in [0.717, 1.165) is 5.56 Å². The zero-order valence-corrected chi connectivity index (χ0v) is 10.5. The Morgan fingerprint density at radius 1 is 1.53 bits per heavy atom. The van der Waals surface area contributed by atoms with E-state index < -0.39 is 18.0 Å². The third-order valence-electron chi connectivity index (χ3n) is 3.04. The molecule has 1 amide bonds. The van der Waals surface area contributed by atoms with E-state index in [1.807, 2.05) is 18.2 Å². The normalized spacial score (nSPS) is 18.3. The van der Waals surface area contributed by atoms with Crippen molar-refractivity contribution in [3.8, 4) is 5.75 Å². The molecule has 2 atom stereocenters. The maximum atomic E-state index is 12.0. The van der Waals surface area contributed by atoms with Crippen molar-refractivity contribution in [1.82, 2.24) is 5.32 Å². The zero-order chi connectivity index (χ0) is 13.8. The molecule has 1 aliphatic rings. The number of nitrogens with one attached hydrogen (secondary N) is 1. The van der Waals surface area contributed by atoms with Gasteiger partial charge in [0.25, 0.3) is 0 Å². The Hall–Kier alpha value is -2.08. The Morgan fingerprint density at radius 2 is 2.26 bits per heavy atom. The molecule has 2 unspecified atom stereocenters. The number of fused-ring (bicyclic) bond motifs is 1. The number of amides is 1. The van der Waals surface area contributed by atoms with Gasteiger partial charge in [-0.25, -0.2) is 4.79 Å². The molecule has 102 valence electrons. The second-order valence-corrected chi connectivity index (χ2v) is 4.21. The average molecular weight is 265 g/mol. The van der Waals surface area contributed by atoms with Crippen LogP contribution in [0.3, 0.4) is 0 Å². The molecule has 6 nitrogen and oxygen atoms in total. The van der Waals surface area contributed by atoms with Crippen LogP contribution in [0.2, 0.25) is 0 Å². The van der Waals surface area contributed by atoms with Crippen molar-refractivity contribution in [3.05, 3.63) is 29.8 Å². The summed E-state index contributed by atoms with van der Waals surface area (Å²) in [6, 6.07) is 7.31. The van der Waals surface area contributed by atoms with Crippen LogP contribution in [0.25, 0.3) is 0 Å². The number of carboxylic acid groups (broad SMARTS) is 1. The Labute approximate surface area is 110 Å². The number of hydrogen-bond acceptors (Lipinski definition) is 4. The fourth-order valence-electron chi connectivity index (χ4n) is 1.97. The third kappa shape index (κ3) is 2.85. The molecule has 0 saturated carbocycles. The highest BCUT2D eigenvalue weighted by molar-refractivity contribution is 5.86. The number of aliphatic carboxylic acids is 1. The van der Waals surface area contributed by atoms with Gasteiger partial charge in [0.2, 0.25) is 5.91 Å². The summed E-state index contributed by atoms with van der Waals surface area (Å²) >= 11 is 0. The highest BCUT2D eigenvalue weighted by Gasteiger charge is 2.30. The van der Waals surface area contributed by atoms with Crippen LogP contribution >= 0.6 is 0 Å². The maximum absolute atomic E-state index is 12.0. The van der Waals surface area contributed by atoms with Crippen LogP contribution in [0.5, 0.6) is 5.75 Å². The third-order valence-corrected chi connectivity index (χ3v) is 3.04. The highest BCUT2D eigenvalue weighted by Crippen LogP contribution is 2.33. The standard InChI is InChI=1S/C13H15NO5/c1-18-11(13(16)17)6-14-12(15)9-7-19-10-5-3-2-4-8(9)10/h2-5,9,11H,6-7H2,1H3,(H,14,15)(H,16,17). The van der Waals surface area contributed by atoms with E-state index in [-0.39, 0.29) is 19.1 Å². The van der Waals surface area contributed by atoms with Gasteiger partial charge >= 0.3 is 5.97 Å². The lowest BCUT2D eigenvalue weighted by molar-refractivity contribution is -0.148. The van der Waals surface area contributed by atoms with Gasteiger partial charge in [-0.1, -0.05) is 18.2 Å². The van der Waals surface area contributed by atoms with E-state index in [2.05, 4.69) is 5.32 Å². The summed E-state index contributed by atoms with van der Waals surface area (Å²) in [5.41, 5.74) is 0.823. The molecule has 0 fully saturated rings. The Kier molecular flexibility index (Phi) is 4.01. The van der Waals surface area contributed by atoms with E-state index in [0.29, 0.717) is 5.75 Å². The molecule has 0 bridgehead atoms. The van der Waals surface area contributed by atoms with Gasteiger partial charge in [-0.3, -0.25) is 4.79 Å². The summed E-state index contributed by atoms with van der Waals surface area (Å²) in [5, 5.41) is 11.4. The van der Waals surface area contributed by atoms with Crippen LogP contribution in [-0.2, 0) is 14.3 Å². The summed E-state index contributed by atoms with van der Waals surface area (Å²) in [4.78, 5) is 22.8. The summed E-state index contributed by atoms with van der Waals surface area (Å²) < 4.78 is 10.2. The molecule has 0 radical (unpaired) electrons. The van der Waals surface area contributed by atoms with Gasteiger partial charge in [0.1, 0.15) is 18.3 Å².